The predicted octanol–water partition coefficient (Wildman–Crippen LogP) is 15.3. The van der Waals surface area contributed by atoms with Gasteiger partial charge in [-0.25, -0.2) is 0 Å². The number of carbonyl (C=O) groups excluding carboxylic acids is 3. The lowest BCUT2D eigenvalue weighted by molar-refractivity contribution is -0.870. The first-order chi connectivity index (χ1) is 33.6. The first-order valence-electron chi connectivity index (χ1n) is 28.8. The highest BCUT2D eigenvalue weighted by Crippen LogP contribution is 2.15. The van der Waals surface area contributed by atoms with E-state index in [0.29, 0.717) is 17.4 Å². The Bertz CT molecular complexity index is 1270. The summed E-state index contributed by atoms with van der Waals surface area (Å²) in [6.07, 6.45) is 60.0. The Labute approximate surface area is 425 Å². The van der Waals surface area contributed by atoms with Gasteiger partial charge >= 0.3 is 11.9 Å². The molecule has 0 aliphatic heterocycles. The van der Waals surface area contributed by atoms with Gasteiger partial charge in [-0.3, -0.25) is 9.59 Å². The topological polar surface area (TPSA) is 111 Å². The smallest absolute Gasteiger partial charge is 0.306 e. The number of esters is 2. The zero-order valence-electron chi connectivity index (χ0n) is 45.7. The second-order valence-corrected chi connectivity index (χ2v) is 20.6. The molecule has 0 aromatic carbocycles. The van der Waals surface area contributed by atoms with Crippen molar-refractivity contribution in [3.8, 4) is 0 Å². The zero-order valence-corrected chi connectivity index (χ0v) is 45.7. The largest absolute Gasteiger partial charge is 0.545 e. The minimum absolute atomic E-state index is 0.145. The number of unbranched alkanes of at least 4 members (excludes halogenated alkanes) is 30. The molecule has 402 valence electrons. The highest BCUT2D eigenvalue weighted by molar-refractivity contribution is 5.70. The molecule has 0 saturated heterocycles. The van der Waals surface area contributed by atoms with Gasteiger partial charge in [0.2, 0.25) is 0 Å². The Morgan fingerprint density at radius 2 is 0.783 bits per heavy atom. The number of aliphatic carboxylic acids is 1. The quantitative estimate of drug-likeness (QED) is 0.0195. The summed E-state index contributed by atoms with van der Waals surface area (Å²) in [6.45, 7) is 4.75. The zero-order chi connectivity index (χ0) is 50.6. The second kappa shape index (κ2) is 51.6. The highest BCUT2D eigenvalue weighted by Gasteiger charge is 2.22. The maximum atomic E-state index is 12.9. The van der Waals surface area contributed by atoms with Crippen molar-refractivity contribution in [3.63, 3.8) is 0 Å². The maximum absolute atomic E-state index is 12.9. The van der Waals surface area contributed by atoms with Gasteiger partial charge in [-0.15, -0.1) is 0 Å². The molecule has 0 aliphatic rings. The molecule has 69 heavy (non-hydrogen) atoms. The van der Waals surface area contributed by atoms with Crippen LogP contribution in [0.1, 0.15) is 258 Å². The van der Waals surface area contributed by atoms with Gasteiger partial charge in [0, 0.05) is 12.8 Å². The fourth-order valence-electron chi connectivity index (χ4n) is 8.07. The number of carboxylic acids is 1. The summed E-state index contributed by atoms with van der Waals surface area (Å²) in [4.78, 5) is 37.3. The Kier molecular flexibility index (Phi) is 49.5. The number of allylic oxidation sites excluding steroid dienone is 8. The number of nitrogens with zero attached hydrogens (tertiary/aromatic N) is 1. The normalized spacial score (nSPS) is 13.1. The van der Waals surface area contributed by atoms with Crippen molar-refractivity contribution in [2.45, 2.75) is 270 Å². The molecular formula is C60H109NO8. The lowest BCUT2D eigenvalue weighted by Crippen LogP contribution is -2.44. The maximum Gasteiger partial charge on any atom is 0.306 e. The third kappa shape index (κ3) is 52.9. The molecule has 0 aliphatic carbocycles. The van der Waals surface area contributed by atoms with Crippen molar-refractivity contribution < 1.29 is 42.9 Å². The van der Waals surface area contributed by atoms with Crippen LogP contribution in [0.4, 0.5) is 0 Å². The van der Waals surface area contributed by atoms with Crippen LogP contribution in [0.25, 0.3) is 0 Å². The van der Waals surface area contributed by atoms with Gasteiger partial charge in [0.15, 0.2) is 12.4 Å². The Morgan fingerprint density at radius 3 is 1.17 bits per heavy atom. The standard InChI is InChI=1S/C60H109NO8/c1-6-8-10-12-14-16-18-20-22-24-26-28-29-31-33-35-37-39-41-43-45-47-49-51-58(63)69-56(55-68-60(59(64)65)66-53-52-61(3,4)5)54-67-57(62)50-48-46-44-42-40-38-36-34-32-30-27-25-23-21-19-17-15-13-11-9-7-2/h18,20,24-27,29,31,56,60H,6-17,19,21-23,28,30,32-55H2,1-5H3/b20-18-,26-24-,27-25-,31-29-. The van der Waals surface area contributed by atoms with Gasteiger partial charge in [0.25, 0.3) is 0 Å². The summed E-state index contributed by atoms with van der Waals surface area (Å²) in [5.41, 5.74) is 0. The fourth-order valence-corrected chi connectivity index (χ4v) is 8.07. The monoisotopic (exact) mass is 972 g/mol. The summed E-state index contributed by atoms with van der Waals surface area (Å²) in [5.74, 6) is -2.29. The molecule has 0 radical (unpaired) electrons. The fraction of sp³-hybridized carbons (Fsp3) is 0.817. The summed E-state index contributed by atoms with van der Waals surface area (Å²) in [7, 11) is 5.92. The summed E-state index contributed by atoms with van der Waals surface area (Å²) in [6, 6.07) is 0. The van der Waals surface area contributed by atoms with Crippen molar-refractivity contribution in [1.82, 2.24) is 0 Å². The van der Waals surface area contributed by atoms with E-state index < -0.39 is 24.3 Å². The molecule has 0 bridgehead atoms. The molecule has 2 unspecified atom stereocenters. The minimum atomic E-state index is -1.62. The Morgan fingerprint density at radius 1 is 0.435 bits per heavy atom. The van der Waals surface area contributed by atoms with Crippen molar-refractivity contribution in [2.24, 2.45) is 0 Å². The van der Waals surface area contributed by atoms with Crippen molar-refractivity contribution in [3.05, 3.63) is 48.6 Å². The van der Waals surface area contributed by atoms with E-state index in [9.17, 15) is 19.5 Å². The van der Waals surface area contributed by atoms with Crippen LogP contribution in [0.15, 0.2) is 48.6 Å². The van der Waals surface area contributed by atoms with Crippen LogP contribution in [0.5, 0.6) is 0 Å². The van der Waals surface area contributed by atoms with E-state index in [1.807, 2.05) is 21.1 Å². The Hall–Kier alpha value is -2.75. The Balaban J connectivity index is 4.28. The average molecular weight is 973 g/mol. The van der Waals surface area contributed by atoms with Crippen LogP contribution in [-0.2, 0) is 33.3 Å². The number of ether oxygens (including phenoxy) is 4. The van der Waals surface area contributed by atoms with Crippen molar-refractivity contribution in [2.75, 3.05) is 47.5 Å². The third-order valence-electron chi connectivity index (χ3n) is 12.5. The molecule has 0 saturated carbocycles. The van der Waals surface area contributed by atoms with Gasteiger partial charge in [0.1, 0.15) is 13.2 Å². The molecule has 0 amide bonds. The second-order valence-electron chi connectivity index (χ2n) is 20.6. The predicted molar refractivity (Wildman–Crippen MR) is 288 cm³/mol. The number of hydrogen-bond acceptors (Lipinski definition) is 8. The van der Waals surface area contributed by atoms with E-state index in [0.717, 1.165) is 57.8 Å². The molecular weight excluding hydrogens is 863 g/mol. The van der Waals surface area contributed by atoms with Crippen LogP contribution < -0.4 is 5.11 Å². The number of hydrogen-bond donors (Lipinski definition) is 0. The number of carboxylic acid groups (broad SMARTS) is 1. The van der Waals surface area contributed by atoms with Crippen LogP contribution in [-0.4, -0.2) is 82.3 Å². The van der Waals surface area contributed by atoms with Crippen molar-refractivity contribution in [1.29, 1.82) is 0 Å². The molecule has 0 spiro atoms. The summed E-state index contributed by atoms with van der Waals surface area (Å²) in [5, 5.41) is 11.8. The van der Waals surface area contributed by atoms with Crippen LogP contribution in [0, 0.1) is 0 Å². The van der Waals surface area contributed by atoms with E-state index in [2.05, 4.69) is 62.5 Å². The molecule has 0 heterocycles. The van der Waals surface area contributed by atoms with Crippen LogP contribution >= 0.6 is 0 Å². The molecule has 0 rings (SSSR count). The van der Waals surface area contributed by atoms with Crippen molar-refractivity contribution >= 4 is 17.9 Å². The number of quaternary nitrogens is 1. The third-order valence-corrected chi connectivity index (χ3v) is 12.5. The lowest BCUT2D eigenvalue weighted by Gasteiger charge is -2.26. The van der Waals surface area contributed by atoms with Crippen LogP contribution in [0.2, 0.25) is 0 Å². The molecule has 0 aromatic rings. The van der Waals surface area contributed by atoms with Gasteiger partial charge in [-0.05, 0) is 77.0 Å². The number of likely N-dealkylation sites (N-methyl/N-ethyl adjacent to an activating group) is 1. The first-order valence-corrected chi connectivity index (χ1v) is 28.8. The minimum Gasteiger partial charge on any atom is -0.545 e. The lowest BCUT2D eigenvalue weighted by atomic mass is 10.1. The first kappa shape index (κ1) is 66.2. The van der Waals surface area contributed by atoms with E-state index in [-0.39, 0.29) is 38.6 Å². The number of rotatable bonds is 53. The highest BCUT2D eigenvalue weighted by atomic mass is 16.7. The molecule has 2 atom stereocenters. The van der Waals surface area contributed by atoms with Crippen LogP contribution in [0.3, 0.4) is 0 Å². The van der Waals surface area contributed by atoms with Gasteiger partial charge in [-0.2, -0.15) is 0 Å². The average Bonchev–Trinajstić information content (AvgIpc) is 3.31. The van der Waals surface area contributed by atoms with E-state index in [4.69, 9.17) is 18.9 Å². The molecule has 0 fully saturated rings. The number of carbonyl (C=O) groups is 3. The summed E-state index contributed by atoms with van der Waals surface area (Å²) >= 11 is 0. The van der Waals surface area contributed by atoms with E-state index in [1.165, 1.54) is 167 Å². The van der Waals surface area contributed by atoms with E-state index in [1.54, 1.807) is 0 Å². The summed E-state index contributed by atoms with van der Waals surface area (Å²) < 4.78 is 22.7. The molecule has 0 N–H and O–H groups in total. The molecule has 9 nitrogen and oxygen atoms in total. The SMILES string of the molecule is CCCCCCC/C=C\C/C=C\C/C=C\CCCCCCCCCCC(=O)OC(COC(=O)CCCCCCCCCCC/C=C\CCCCCCCCCC)COC(OCC[N+](C)(C)C)C(=O)[O-]. The van der Waals surface area contributed by atoms with E-state index >= 15 is 0 Å². The molecule has 9 heteroatoms. The molecule has 0 aromatic heterocycles. The van der Waals surface area contributed by atoms with Gasteiger partial charge < -0.3 is 33.3 Å². The van der Waals surface area contributed by atoms with Gasteiger partial charge in [-0.1, -0.05) is 217 Å². The van der Waals surface area contributed by atoms with Gasteiger partial charge in [0.05, 0.1) is 40.3 Å².